The average molecular weight is 478 g/mol. The highest BCUT2D eigenvalue weighted by Crippen LogP contribution is 2.35. The summed E-state index contributed by atoms with van der Waals surface area (Å²) in [5.74, 6) is 0.826. The van der Waals surface area contributed by atoms with Crippen LogP contribution in [0.25, 0.3) is 0 Å². The van der Waals surface area contributed by atoms with Crippen LogP contribution in [0.2, 0.25) is 0 Å². The van der Waals surface area contributed by atoms with E-state index in [1.165, 1.54) is 30.6 Å². The lowest BCUT2D eigenvalue weighted by molar-refractivity contribution is -0.385. The number of nitrogens with one attached hydrogen (secondary N) is 1. The number of nitro benzene ring substituents is 1. The third-order valence-corrected chi connectivity index (χ3v) is 5.22. The van der Waals surface area contributed by atoms with E-state index in [0.29, 0.717) is 22.9 Å². The summed E-state index contributed by atoms with van der Waals surface area (Å²) in [6.07, 6.45) is 3.22. The summed E-state index contributed by atoms with van der Waals surface area (Å²) in [5.41, 5.74) is 2.19. The van der Waals surface area contributed by atoms with Crippen molar-refractivity contribution < 1.29 is 23.9 Å². The van der Waals surface area contributed by atoms with Crippen LogP contribution in [0.3, 0.4) is 0 Å². The number of thiazole rings is 1. The standard InChI is InChI=1S/C23H18N4O6S/c1-31-21-10-19(20(27(29)30)11-22(21)32-12-16-13-34-14-25-16)23(28)26-15-2-4-17(5-3-15)33-18-6-8-24-9-7-18/h2-11,13-14H,12H2,1H3,(H,26,28). The number of ether oxygens (including phenoxy) is 3. The van der Waals surface area contributed by atoms with Crippen molar-refractivity contribution in [3.05, 3.63) is 93.2 Å². The summed E-state index contributed by atoms with van der Waals surface area (Å²) < 4.78 is 16.6. The molecule has 0 saturated heterocycles. The molecule has 0 saturated carbocycles. The number of carbonyl (C=O) groups is 1. The number of aromatic nitrogens is 2. The lowest BCUT2D eigenvalue weighted by atomic mass is 10.1. The van der Waals surface area contributed by atoms with E-state index in [4.69, 9.17) is 14.2 Å². The van der Waals surface area contributed by atoms with Crippen LogP contribution in [0.5, 0.6) is 23.0 Å². The summed E-state index contributed by atoms with van der Waals surface area (Å²) in [6, 6.07) is 12.5. The normalized spacial score (nSPS) is 10.4. The first-order chi connectivity index (χ1) is 16.5. The fraction of sp³-hybridized carbons (Fsp3) is 0.0870. The maximum Gasteiger partial charge on any atom is 0.286 e. The maximum atomic E-state index is 12.9. The molecule has 0 atom stereocenters. The Kier molecular flexibility index (Phi) is 6.94. The Morgan fingerprint density at radius 2 is 1.82 bits per heavy atom. The van der Waals surface area contributed by atoms with E-state index < -0.39 is 16.5 Å². The largest absolute Gasteiger partial charge is 0.493 e. The van der Waals surface area contributed by atoms with E-state index in [9.17, 15) is 14.9 Å². The second kappa shape index (κ2) is 10.4. The van der Waals surface area contributed by atoms with Gasteiger partial charge in [-0.2, -0.15) is 0 Å². The van der Waals surface area contributed by atoms with E-state index in [-0.39, 0.29) is 23.7 Å². The highest BCUT2D eigenvalue weighted by Gasteiger charge is 2.25. The predicted molar refractivity (Wildman–Crippen MR) is 125 cm³/mol. The number of methoxy groups -OCH3 is 1. The van der Waals surface area contributed by atoms with Crippen LogP contribution < -0.4 is 19.5 Å². The van der Waals surface area contributed by atoms with Gasteiger partial charge in [-0.3, -0.25) is 19.9 Å². The molecule has 0 bridgehead atoms. The Balaban J connectivity index is 1.51. The molecule has 2 heterocycles. The molecule has 1 amide bonds. The van der Waals surface area contributed by atoms with Crippen LogP contribution in [0.1, 0.15) is 16.1 Å². The first-order valence-electron chi connectivity index (χ1n) is 9.89. The van der Waals surface area contributed by atoms with Crippen molar-refractivity contribution in [1.82, 2.24) is 9.97 Å². The number of nitrogens with zero attached hydrogens (tertiary/aromatic N) is 3. The second-order valence-corrected chi connectivity index (χ2v) is 7.53. The van der Waals surface area contributed by atoms with Crippen LogP contribution in [-0.4, -0.2) is 27.9 Å². The van der Waals surface area contributed by atoms with E-state index >= 15 is 0 Å². The number of benzene rings is 2. The molecule has 4 aromatic rings. The molecule has 0 aliphatic heterocycles. The molecule has 0 aliphatic carbocycles. The number of pyridine rings is 1. The second-order valence-electron chi connectivity index (χ2n) is 6.81. The minimum Gasteiger partial charge on any atom is -0.493 e. The van der Waals surface area contributed by atoms with Crippen molar-refractivity contribution in [2.45, 2.75) is 6.61 Å². The summed E-state index contributed by atoms with van der Waals surface area (Å²) in [4.78, 5) is 32.0. The number of rotatable bonds is 9. The van der Waals surface area contributed by atoms with E-state index in [0.717, 1.165) is 0 Å². The van der Waals surface area contributed by atoms with E-state index in [1.807, 2.05) is 0 Å². The molecule has 1 N–H and O–H groups in total. The van der Waals surface area contributed by atoms with Gasteiger partial charge in [0.05, 0.1) is 29.3 Å². The van der Waals surface area contributed by atoms with Gasteiger partial charge in [0.2, 0.25) is 0 Å². The van der Waals surface area contributed by atoms with Crippen molar-refractivity contribution >= 4 is 28.6 Å². The molecule has 0 spiro atoms. The first-order valence-corrected chi connectivity index (χ1v) is 10.8. The number of nitro groups is 1. The zero-order valence-corrected chi connectivity index (χ0v) is 18.7. The molecule has 11 heteroatoms. The number of amides is 1. The predicted octanol–water partition coefficient (Wildman–Crippen LogP) is 5.08. The van der Waals surface area contributed by atoms with Crippen molar-refractivity contribution in [2.24, 2.45) is 0 Å². The fourth-order valence-electron chi connectivity index (χ4n) is 2.96. The highest BCUT2D eigenvalue weighted by atomic mass is 32.1. The molecule has 34 heavy (non-hydrogen) atoms. The van der Waals surface area contributed by atoms with Gasteiger partial charge in [-0.15, -0.1) is 11.3 Å². The third-order valence-electron chi connectivity index (χ3n) is 4.58. The molecule has 172 valence electrons. The monoisotopic (exact) mass is 478 g/mol. The van der Waals surface area contributed by atoms with Gasteiger partial charge in [0.1, 0.15) is 23.7 Å². The number of hydrogen-bond donors (Lipinski definition) is 1. The van der Waals surface area contributed by atoms with Gasteiger partial charge in [-0.25, -0.2) is 4.98 Å². The van der Waals surface area contributed by atoms with Crippen LogP contribution in [0, 0.1) is 10.1 Å². The summed E-state index contributed by atoms with van der Waals surface area (Å²) in [5, 5.41) is 16.1. The minimum atomic E-state index is -0.668. The number of carbonyl (C=O) groups excluding carboxylic acids is 1. The Hall–Kier alpha value is -4.51. The first kappa shape index (κ1) is 22.7. The third kappa shape index (κ3) is 5.45. The quantitative estimate of drug-likeness (QED) is 0.261. The van der Waals surface area contributed by atoms with Crippen molar-refractivity contribution in [1.29, 1.82) is 0 Å². The summed E-state index contributed by atoms with van der Waals surface area (Å²) >= 11 is 1.41. The zero-order valence-electron chi connectivity index (χ0n) is 17.8. The molecule has 0 unspecified atom stereocenters. The zero-order chi connectivity index (χ0) is 23.9. The van der Waals surface area contributed by atoms with Crippen molar-refractivity contribution in [2.75, 3.05) is 12.4 Å². The van der Waals surface area contributed by atoms with Gasteiger partial charge in [-0.05, 0) is 36.4 Å². The van der Waals surface area contributed by atoms with E-state index in [2.05, 4.69) is 15.3 Å². The number of anilines is 1. The van der Waals surface area contributed by atoms with Crippen LogP contribution >= 0.6 is 11.3 Å². The SMILES string of the molecule is COc1cc(C(=O)Nc2ccc(Oc3ccncc3)cc2)c([N+](=O)[O-])cc1OCc1cscn1. The molecule has 0 radical (unpaired) electrons. The summed E-state index contributed by atoms with van der Waals surface area (Å²) in [7, 11) is 1.39. The fourth-order valence-corrected chi connectivity index (χ4v) is 3.51. The average Bonchev–Trinajstić information content (AvgIpc) is 3.37. The van der Waals surface area contributed by atoms with E-state index in [1.54, 1.807) is 59.7 Å². The van der Waals surface area contributed by atoms with Gasteiger partial charge >= 0.3 is 0 Å². The summed E-state index contributed by atoms with van der Waals surface area (Å²) in [6.45, 7) is 0.108. The lowest BCUT2D eigenvalue weighted by Gasteiger charge is -2.13. The number of hydrogen-bond acceptors (Lipinski definition) is 9. The highest BCUT2D eigenvalue weighted by molar-refractivity contribution is 7.07. The Labute approximate surface area is 197 Å². The van der Waals surface area contributed by atoms with Gasteiger partial charge < -0.3 is 19.5 Å². The van der Waals surface area contributed by atoms with Gasteiger partial charge in [-0.1, -0.05) is 0 Å². The molecule has 2 aromatic heterocycles. The maximum absolute atomic E-state index is 12.9. The molecule has 4 rings (SSSR count). The van der Waals surface area contributed by atoms with Gasteiger partial charge in [0.25, 0.3) is 11.6 Å². The smallest absolute Gasteiger partial charge is 0.286 e. The molecule has 0 aliphatic rings. The van der Waals surface area contributed by atoms with Crippen LogP contribution in [0.4, 0.5) is 11.4 Å². The van der Waals surface area contributed by atoms with Crippen LogP contribution in [0.15, 0.2) is 71.8 Å². The molecule has 0 fully saturated rings. The molecule has 2 aromatic carbocycles. The Bertz CT molecular complexity index is 1280. The Morgan fingerprint density at radius 1 is 1.09 bits per heavy atom. The minimum absolute atomic E-state index is 0.108. The van der Waals surface area contributed by atoms with Crippen molar-refractivity contribution in [3.63, 3.8) is 0 Å². The lowest BCUT2D eigenvalue weighted by Crippen LogP contribution is -2.14. The van der Waals surface area contributed by atoms with Crippen LogP contribution in [-0.2, 0) is 6.61 Å². The van der Waals surface area contributed by atoms with Crippen molar-refractivity contribution in [3.8, 4) is 23.0 Å². The Morgan fingerprint density at radius 3 is 2.47 bits per heavy atom. The molecular formula is C23H18N4O6S. The molecule has 10 nitrogen and oxygen atoms in total. The molecular weight excluding hydrogens is 460 g/mol. The van der Waals surface area contributed by atoms with Gasteiger partial charge in [0, 0.05) is 29.5 Å². The topological polar surface area (TPSA) is 126 Å². The van der Waals surface area contributed by atoms with Gasteiger partial charge in [0.15, 0.2) is 11.5 Å².